The third-order valence-electron chi connectivity index (χ3n) is 6.93. The zero-order valence-electron chi connectivity index (χ0n) is 22.7. The molecule has 200 valence electrons. The summed E-state index contributed by atoms with van der Waals surface area (Å²) >= 11 is 1.70. The van der Waals surface area contributed by atoms with Crippen LogP contribution in [0.3, 0.4) is 0 Å². The van der Waals surface area contributed by atoms with Crippen LogP contribution in [-0.4, -0.2) is 93.7 Å². The number of nitrogens with zero attached hydrogens (tertiary/aromatic N) is 7. The predicted molar refractivity (Wildman–Crippen MR) is 145 cm³/mol. The molecule has 1 amide bonds. The van der Waals surface area contributed by atoms with Gasteiger partial charge >= 0.3 is 6.09 Å². The van der Waals surface area contributed by atoms with Crippen molar-refractivity contribution in [3.05, 3.63) is 22.3 Å². The maximum Gasteiger partial charge on any atom is 0.410 e. The van der Waals surface area contributed by atoms with Gasteiger partial charge in [-0.2, -0.15) is 5.10 Å². The van der Waals surface area contributed by atoms with Gasteiger partial charge in [0.15, 0.2) is 0 Å². The second kappa shape index (κ2) is 10.2. The van der Waals surface area contributed by atoms with Crippen molar-refractivity contribution in [2.75, 3.05) is 57.4 Å². The number of morpholine rings is 1. The van der Waals surface area contributed by atoms with Crippen LogP contribution in [0.2, 0.25) is 0 Å². The van der Waals surface area contributed by atoms with Gasteiger partial charge in [0.05, 0.1) is 34.8 Å². The van der Waals surface area contributed by atoms with Crippen molar-refractivity contribution in [3.63, 3.8) is 0 Å². The van der Waals surface area contributed by atoms with E-state index in [0.29, 0.717) is 26.3 Å². The van der Waals surface area contributed by atoms with Crippen LogP contribution >= 0.6 is 11.3 Å². The molecule has 0 aliphatic carbocycles. The molecule has 0 spiro atoms. The highest BCUT2D eigenvalue weighted by Crippen LogP contribution is 2.37. The average Bonchev–Trinajstić information content (AvgIpc) is 3.37. The molecule has 2 aliphatic heterocycles. The van der Waals surface area contributed by atoms with Gasteiger partial charge in [-0.15, -0.1) is 11.3 Å². The number of aryl methyl sites for hydroxylation is 2. The van der Waals surface area contributed by atoms with Gasteiger partial charge in [-0.3, -0.25) is 9.58 Å². The summed E-state index contributed by atoms with van der Waals surface area (Å²) in [4.78, 5) is 29.1. The van der Waals surface area contributed by atoms with Crippen LogP contribution in [0.25, 0.3) is 21.5 Å². The number of ether oxygens (including phenoxy) is 2. The molecular formula is C26H37N7O3S. The van der Waals surface area contributed by atoms with E-state index in [1.54, 1.807) is 16.2 Å². The standard InChI is InChI=1S/C26H37N7O3S/c1-17-20(18(2)30(6)29-17)22-23-21(27-24(28-22)32-11-13-35-14-12-32)19(16-37-23)15-31-7-9-33(10-8-31)25(34)36-26(3,4)5/h16H,7-15H2,1-6H3. The van der Waals surface area contributed by atoms with E-state index in [0.717, 1.165) is 71.5 Å². The normalized spacial score (nSPS) is 17.6. The number of piperazine rings is 1. The zero-order valence-corrected chi connectivity index (χ0v) is 23.5. The van der Waals surface area contributed by atoms with Crippen molar-refractivity contribution in [1.82, 2.24) is 29.5 Å². The Morgan fingerprint density at radius 3 is 2.41 bits per heavy atom. The Labute approximate surface area is 222 Å². The summed E-state index contributed by atoms with van der Waals surface area (Å²) in [5.74, 6) is 0.753. The van der Waals surface area contributed by atoms with E-state index in [9.17, 15) is 4.79 Å². The molecule has 2 aliphatic rings. The smallest absolute Gasteiger partial charge is 0.410 e. The number of rotatable bonds is 4. The molecule has 37 heavy (non-hydrogen) atoms. The summed E-state index contributed by atoms with van der Waals surface area (Å²) in [5.41, 5.74) is 5.84. The lowest BCUT2D eigenvalue weighted by Crippen LogP contribution is -2.49. The summed E-state index contributed by atoms with van der Waals surface area (Å²) < 4.78 is 14.1. The summed E-state index contributed by atoms with van der Waals surface area (Å²) in [5, 5.41) is 6.87. The molecule has 0 atom stereocenters. The molecule has 5 rings (SSSR count). The molecule has 0 bridgehead atoms. The molecule has 0 radical (unpaired) electrons. The number of hydrogen-bond donors (Lipinski definition) is 0. The van der Waals surface area contributed by atoms with Crippen LogP contribution in [0.5, 0.6) is 0 Å². The Kier molecular flexibility index (Phi) is 7.12. The van der Waals surface area contributed by atoms with Crippen LogP contribution in [0.15, 0.2) is 5.38 Å². The first-order valence-electron chi connectivity index (χ1n) is 12.9. The molecule has 0 aromatic carbocycles. The Morgan fingerprint density at radius 2 is 1.78 bits per heavy atom. The van der Waals surface area contributed by atoms with Crippen LogP contribution < -0.4 is 4.90 Å². The molecule has 3 aromatic heterocycles. The quantitative estimate of drug-likeness (QED) is 0.509. The van der Waals surface area contributed by atoms with Crippen molar-refractivity contribution < 1.29 is 14.3 Å². The van der Waals surface area contributed by atoms with Gasteiger partial charge in [0, 0.05) is 69.7 Å². The molecule has 0 N–H and O–H groups in total. The van der Waals surface area contributed by atoms with E-state index in [1.807, 2.05) is 39.4 Å². The van der Waals surface area contributed by atoms with Gasteiger partial charge in [0.25, 0.3) is 0 Å². The van der Waals surface area contributed by atoms with Crippen molar-refractivity contribution in [2.45, 2.75) is 46.8 Å². The van der Waals surface area contributed by atoms with Crippen LogP contribution in [-0.2, 0) is 23.1 Å². The van der Waals surface area contributed by atoms with E-state index in [1.165, 1.54) is 5.56 Å². The first-order chi connectivity index (χ1) is 17.6. The van der Waals surface area contributed by atoms with E-state index in [-0.39, 0.29) is 6.09 Å². The molecule has 5 heterocycles. The second-order valence-electron chi connectivity index (χ2n) is 10.8. The molecular weight excluding hydrogens is 490 g/mol. The molecule has 3 aromatic rings. The zero-order chi connectivity index (χ0) is 26.3. The average molecular weight is 528 g/mol. The van der Waals surface area contributed by atoms with Crippen molar-refractivity contribution in [3.8, 4) is 11.3 Å². The molecule has 10 nitrogen and oxygen atoms in total. The van der Waals surface area contributed by atoms with Gasteiger partial charge in [-0.25, -0.2) is 14.8 Å². The minimum absolute atomic E-state index is 0.233. The van der Waals surface area contributed by atoms with Gasteiger partial charge in [0.2, 0.25) is 5.95 Å². The molecule has 11 heteroatoms. The van der Waals surface area contributed by atoms with Gasteiger partial charge in [-0.1, -0.05) is 0 Å². The minimum atomic E-state index is -0.482. The van der Waals surface area contributed by atoms with Crippen LogP contribution in [0.1, 0.15) is 37.7 Å². The maximum absolute atomic E-state index is 12.5. The Balaban J connectivity index is 1.43. The lowest BCUT2D eigenvalue weighted by atomic mass is 10.1. The van der Waals surface area contributed by atoms with Gasteiger partial charge in [0.1, 0.15) is 5.60 Å². The minimum Gasteiger partial charge on any atom is -0.444 e. The number of thiophene rings is 1. The number of carbonyl (C=O) groups excluding carboxylic acids is 1. The maximum atomic E-state index is 12.5. The number of fused-ring (bicyclic) bond motifs is 1. The van der Waals surface area contributed by atoms with Crippen molar-refractivity contribution in [2.24, 2.45) is 7.05 Å². The van der Waals surface area contributed by atoms with Crippen molar-refractivity contribution in [1.29, 1.82) is 0 Å². The second-order valence-corrected chi connectivity index (χ2v) is 11.7. The van der Waals surface area contributed by atoms with Crippen LogP contribution in [0, 0.1) is 13.8 Å². The Hall–Kier alpha value is -2.76. The largest absolute Gasteiger partial charge is 0.444 e. The number of anilines is 1. The molecule has 2 fully saturated rings. The van der Waals surface area contributed by atoms with E-state index in [4.69, 9.17) is 19.4 Å². The van der Waals surface area contributed by atoms with E-state index < -0.39 is 5.60 Å². The predicted octanol–water partition coefficient (Wildman–Crippen LogP) is 3.60. The van der Waals surface area contributed by atoms with Gasteiger partial charge < -0.3 is 19.3 Å². The summed E-state index contributed by atoms with van der Waals surface area (Å²) in [7, 11) is 1.98. The lowest BCUT2D eigenvalue weighted by Gasteiger charge is -2.35. The fraction of sp³-hybridized carbons (Fsp3) is 0.615. The van der Waals surface area contributed by atoms with E-state index >= 15 is 0 Å². The number of hydrogen-bond acceptors (Lipinski definition) is 9. The number of aromatic nitrogens is 4. The lowest BCUT2D eigenvalue weighted by molar-refractivity contribution is 0.0139. The topological polar surface area (TPSA) is 88.9 Å². The highest BCUT2D eigenvalue weighted by Gasteiger charge is 2.28. The van der Waals surface area contributed by atoms with Gasteiger partial charge in [-0.05, 0) is 40.0 Å². The SMILES string of the molecule is Cc1nn(C)c(C)c1-c1nc(N2CCOCC2)nc2c(CN3CCN(C(=O)OC(C)(C)C)CC3)csc12. The number of amides is 1. The monoisotopic (exact) mass is 527 g/mol. The Morgan fingerprint density at radius 1 is 1.08 bits per heavy atom. The summed E-state index contributed by atoms with van der Waals surface area (Å²) in [6.07, 6.45) is -0.233. The molecule has 0 unspecified atom stereocenters. The highest BCUT2D eigenvalue weighted by molar-refractivity contribution is 7.17. The number of carbonyl (C=O) groups is 1. The first kappa shape index (κ1) is 25.9. The first-order valence-corrected chi connectivity index (χ1v) is 13.8. The third kappa shape index (κ3) is 5.44. The third-order valence-corrected chi connectivity index (χ3v) is 7.96. The fourth-order valence-electron chi connectivity index (χ4n) is 4.91. The fourth-order valence-corrected chi connectivity index (χ4v) is 5.91. The molecule has 2 saturated heterocycles. The summed E-state index contributed by atoms with van der Waals surface area (Å²) in [6, 6.07) is 0. The summed E-state index contributed by atoms with van der Waals surface area (Å²) in [6.45, 7) is 16.5. The highest BCUT2D eigenvalue weighted by atomic mass is 32.1. The Bertz CT molecular complexity index is 1280. The van der Waals surface area contributed by atoms with Crippen LogP contribution in [0.4, 0.5) is 10.7 Å². The van der Waals surface area contributed by atoms with E-state index in [2.05, 4.69) is 27.2 Å². The molecule has 0 saturated carbocycles. The van der Waals surface area contributed by atoms with Crippen molar-refractivity contribution >= 4 is 33.6 Å².